The Kier molecular flexibility index (Phi) is 3.19. The van der Waals surface area contributed by atoms with Crippen molar-refractivity contribution in [1.29, 1.82) is 0 Å². The third-order valence-corrected chi connectivity index (χ3v) is 4.61. The molecule has 0 aliphatic carbocycles. The van der Waals surface area contributed by atoms with Crippen LogP contribution in [0.2, 0.25) is 5.02 Å². The highest BCUT2D eigenvalue weighted by Crippen LogP contribution is 2.23. The van der Waals surface area contributed by atoms with Crippen LogP contribution in [-0.2, 0) is 10.8 Å². The van der Waals surface area contributed by atoms with Crippen LogP contribution in [0.3, 0.4) is 0 Å². The third kappa shape index (κ3) is 2.17. The van der Waals surface area contributed by atoms with E-state index in [4.69, 9.17) is 17.3 Å². The number of hydrogen-bond acceptors (Lipinski definition) is 4. The fourth-order valence-corrected chi connectivity index (χ4v) is 3.22. The number of benzene rings is 1. The summed E-state index contributed by atoms with van der Waals surface area (Å²) in [6.07, 6.45) is 1.54. The molecule has 20 heavy (non-hydrogen) atoms. The van der Waals surface area contributed by atoms with Crippen molar-refractivity contribution in [3.8, 4) is 0 Å². The Labute approximate surface area is 122 Å². The van der Waals surface area contributed by atoms with Gasteiger partial charge in [0.2, 0.25) is 5.16 Å². The molecule has 0 fully saturated rings. The van der Waals surface area contributed by atoms with Crippen LogP contribution in [0.1, 0.15) is 5.56 Å². The van der Waals surface area contributed by atoms with Crippen molar-refractivity contribution in [2.45, 2.75) is 17.0 Å². The molecule has 102 valence electrons. The van der Waals surface area contributed by atoms with Crippen molar-refractivity contribution in [1.82, 2.24) is 15.0 Å². The summed E-state index contributed by atoms with van der Waals surface area (Å²) < 4.78 is 12.6. The van der Waals surface area contributed by atoms with Gasteiger partial charge in [0.05, 0.1) is 15.9 Å². The SMILES string of the molecule is Cc1c(S(=O)c2nc3ccc(Cl)cc3[nH]2)ccnc1N. The second-order valence-corrected chi connectivity index (χ2v) is 6.09. The molecule has 1 aromatic carbocycles. The number of nitrogens with two attached hydrogens (primary N) is 1. The predicted octanol–water partition coefficient (Wildman–Crippen LogP) is 2.67. The smallest absolute Gasteiger partial charge is 0.202 e. The summed E-state index contributed by atoms with van der Waals surface area (Å²) in [6, 6.07) is 6.95. The Morgan fingerprint density at radius 2 is 2.15 bits per heavy atom. The lowest BCUT2D eigenvalue weighted by molar-refractivity contribution is 0.677. The Balaban J connectivity index is 2.10. The minimum Gasteiger partial charge on any atom is -0.383 e. The van der Waals surface area contributed by atoms with Crippen LogP contribution in [0.15, 0.2) is 40.5 Å². The van der Waals surface area contributed by atoms with Crippen LogP contribution in [-0.4, -0.2) is 19.2 Å². The highest BCUT2D eigenvalue weighted by Gasteiger charge is 2.16. The molecule has 3 aromatic rings. The van der Waals surface area contributed by atoms with E-state index in [2.05, 4.69) is 15.0 Å². The standard InChI is InChI=1S/C13H11ClN4OS/c1-7-11(4-5-16-12(7)15)20(19)13-17-9-3-2-8(14)6-10(9)18-13/h2-6H,1H3,(H2,15,16)(H,17,18). The van der Waals surface area contributed by atoms with E-state index in [1.807, 2.05) is 0 Å². The molecule has 0 radical (unpaired) electrons. The Bertz CT molecular complexity index is 830. The van der Waals surface area contributed by atoms with Crippen LogP contribution in [0, 0.1) is 6.92 Å². The molecular formula is C13H11ClN4OS. The normalized spacial score (nSPS) is 12.7. The summed E-state index contributed by atoms with van der Waals surface area (Å²) in [6.45, 7) is 1.79. The van der Waals surface area contributed by atoms with Crippen LogP contribution in [0.25, 0.3) is 11.0 Å². The zero-order valence-corrected chi connectivity index (χ0v) is 12.1. The van der Waals surface area contributed by atoms with Gasteiger partial charge >= 0.3 is 0 Å². The monoisotopic (exact) mass is 306 g/mol. The van der Waals surface area contributed by atoms with Gasteiger partial charge < -0.3 is 10.7 Å². The van der Waals surface area contributed by atoms with Crippen molar-refractivity contribution in [2.24, 2.45) is 0 Å². The second-order valence-electron chi connectivity index (χ2n) is 4.29. The van der Waals surface area contributed by atoms with E-state index < -0.39 is 10.8 Å². The molecule has 2 heterocycles. The number of nitrogens with zero attached hydrogens (tertiary/aromatic N) is 2. The highest BCUT2D eigenvalue weighted by atomic mass is 35.5. The molecule has 0 aliphatic heterocycles. The quantitative estimate of drug-likeness (QED) is 0.762. The number of H-pyrrole nitrogens is 1. The number of halogens is 1. The van der Waals surface area contributed by atoms with Crippen molar-refractivity contribution >= 4 is 39.3 Å². The van der Waals surface area contributed by atoms with Crippen molar-refractivity contribution < 1.29 is 4.21 Å². The van der Waals surface area contributed by atoms with Gasteiger partial charge in [0, 0.05) is 16.8 Å². The maximum atomic E-state index is 12.6. The maximum absolute atomic E-state index is 12.6. The number of hydrogen-bond donors (Lipinski definition) is 2. The lowest BCUT2D eigenvalue weighted by Crippen LogP contribution is -2.02. The average molecular weight is 307 g/mol. The lowest BCUT2D eigenvalue weighted by Gasteiger charge is -2.04. The van der Waals surface area contributed by atoms with Crippen LogP contribution >= 0.6 is 11.6 Å². The summed E-state index contributed by atoms with van der Waals surface area (Å²) in [7, 11) is -1.44. The molecule has 3 N–H and O–H groups in total. The van der Waals surface area contributed by atoms with Gasteiger partial charge in [0.25, 0.3) is 0 Å². The second kappa shape index (κ2) is 4.88. The summed E-state index contributed by atoms with van der Waals surface area (Å²) >= 11 is 5.92. The number of rotatable bonds is 2. The zero-order chi connectivity index (χ0) is 14.3. The number of anilines is 1. The summed E-state index contributed by atoms with van der Waals surface area (Å²) in [5.41, 5.74) is 7.91. The third-order valence-electron chi connectivity index (χ3n) is 2.99. The van der Waals surface area contributed by atoms with Gasteiger partial charge in [0.1, 0.15) is 16.6 Å². The first kappa shape index (κ1) is 13.1. The van der Waals surface area contributed by atoms with Crippen LogP contribution < -0.4 is 5.73 Å². The summed E-state index contributed by atoms with van der Waals surface area (Å²) in [4.78, 5) is 11.9. The van der Waals surface area contributed by atoms with Gasteiger partial charge in [-0.3, -0.25) is 0 Å². The van der Waals surface area contributed by atoms with E-state index in [1.54, 1.807) is 31.2 Å². The zero-order valence-electron chi connectivity index (χ0n) is 10.6. The molecule has 2 aromatic heterocycles. The van der Waals surface area contributed by atoms with Gasteiger partial charge in [-0.25, -0.2) is 14.2 Å². The summed E-state index contributed by atoms with van der Waals surface area (Å²) in [5, 5.41) is 0.971. The van der Waals surface area contributed by atoms with Crippen LogP contribution in [0.4, 0.5) is 5.82 Å². The van der Waals surface area contributed by atoms with Crippen molar-refractivity contribution in [3.63, 3.8) is 0 Å². The molecule has 0 bridgehead atoms. The molecule has 5 nitrogen and oxygen atoms in total. The number of fused-ring (bicyclic) bond motifs is 1. The predicted molar refractivity (Wildman–Crippen MR) is 79.2 cm³/mol. The van der Waals surface area contributed by atoms with Gasteiger partial charge in [-0.2, -0.15) is 0 Å². The Morgan fingerprint density at radius 1 is 1.35 bits per heavy atom. The Morgan fingerprint density at radius 3 is 2.95 bits per heavy atom. The first-order valence-corrected chi connectivity index (χ1v) is 7.37. The number of imidazole rings is 1. The van der Waals surface area contributed by atoms with E-state index in [-0.39, 0.29) is 0 Å². The highest BCUT2D eigenvalue weighted by molar-refractivity contribution is 7.85. The fourth-order valence-electron chi connectivity index (χ4n) is 1.88. The molecule has 0 saturated carbocycles. The molecule has 3 rings (SSSR count). The number of nitrogens with one attached hydrogen (secondary N) is 1. The maximum Gasteiger partial charge on any atom is 0.202 e. The molecule has 0 aliphatic rings. The van der Waals surface area contributed by atoms with Crippen LogP contribution in [0.5, 0.6) is 0 Å². The van der Waals surface area contributed by atoms with E-state index in [0.29, 0.717) is 26.5 Å². The minimum atomic E-state index is -1.44. The molecule has 0 saturated heterocycles. The number of aromatic nitrogens is 3. The topological polar surface area (TPSA) is 84.7 Å². The number of pyridine rings is 1. The molecule has 0 spiro atoms. The van der Waals surface area contributed by atoms with E-state index in [0.717, 1.165) is 11.0 Å². The first-order valence-electron chi connectivity index (χ1n) is 5.84. The van der Waals surface area contributed by atoms with Gasteiger partial charge in [-0.15, -0.1) is 0 Å². The molecular weight excluding hydrogens is 296 g/mol. The Hall–Kier alpha value is -1.92. The molecule has 0 amide bonds. The van der Waals surface area contributed by atoms with E-state index >= 15 is 0 Å². The van der Waals surface area contributed by atoms with Gasteiger partial charge in [-0.05, 0) is 31.2 Å². The number of nitrogen functional groups attached to an aromatic ring is 1. The van der Waals surface area contributed by atoms with Crippen molar-refractivity contribution in [3.05, 3.63) is 41.0 Å². The summed E-state index contributed by atoms with van der Waals surface area (Å²) in [5.74, 6) is 0.370. The van der Waals surface area contributed by atoms with E-state index in [9.17, 15) is 4.21 Å². The largest absolute Gasteiger partial charge is 0.383 e. The first-order chi connectivity index (χ1) is 9.56. The number of aromatic amines is 1. The van der Waals surface area contributed by atoms with Gasteiger partial charge in [0.15, 0.2) is 0 Å². The molecule has 1 atom stereocenters. The average Bonchev–Trinajstić information content (AvgIpc) is 2.84. The minimum absolute atomic E-state index is 0.370. The van der Waals surface area contributed by atoms with E-state index in [1.165, 1.54) is 6.20 Å². The molecule has 7 heteroatoms. The van der Waals surface area contributed by atoms with Crippen molar-refractivity contribution in [2.75, 3.05) is 5.73 Å². The lowest BCUT2D eigenvalue weighted by atomic mass is 10.3. The molecule has 1 unspecified atom stereocenters. The fraction of sp³-hybridized carbons (Fsp3) is 0.0769. The van der Waals surface area contributed by atoms with Gasteiger partial charge in [-0.1, -0.05) is 11.6 Å².